The van der Waals surface area contributed by atoms with Crippen LogP contribution in [0.5, 0.6) is 0 Å². The zero-order valence-corrected chi connectivity index (χ0v) is 36.3. The Hall–Kier alpha value is -6.77. The lowest BCUT2D eigenvalue weighted by molar-refractivity contribution is -0.142. The third-order valence-corrected chi connectivity index (χ3v) is 13.7. The van der Waals surface area contributed by atoms with Crippen molar-refractivity contribution in [2.45, 2.75) is 56.2 Å². The molecular formula is C39H44N12O12S2. The van der Waals surface area contributed by atoms with E-state index in [9.17, 15) is 48.6 Å². The highest BCUT2D eigenvalue weighted by atomic mass is 33.1. The van der Waals surface area contributed by atoms with E-state index < -0.39 is 71.3 Å². The van der Waals surface area contributed by atoms with Crippen molar-refractivity contribution in [2.75, 3.05) is 49.4 Å². The van der Waals surface area contributed by atoms with Gasteiger partial charge < -0.3 is 62.6 Å². The van der Waals surface area contributed by atoms with Gasteiger partial charge in [0.05, 0.1) is 41.8 Å². The maximum absolute atomic E-state index is 14.0. The van der Waals surface area contributed by atoms with E-state index in [0.717, 1.165) is 10.8 Å². The average molecular weight is 937 g/mol. The van der Waals surface area contributed by atoms with Crippen molar-refractivity contribution in [3.63, 3.8) is 0 Å². The fourth-order valence-electron chi connectivity index (χ4n) is 8.10. The van der Waals surface area contributed by atoms with Crippen LogP contribution in [-0.2, 0) is 40.0 Å². The minimum atomic E-state index is -1.47. The number of piperazine rings is 1. The Morgan fingerprint density at radius 3 is 2.45 bits per heavy atom. The number of nitrogens with one attached hydrogen (secondary N) is 6. The Bertz CT molecular complexity index is 2590. The summed E-state index contributed by atoms with van der Waals surface area (Å²) in [5.41, 5.74) is 11.1. The Kier molecular flexibility index (Phi) is 13.6. The van der Waals surface area contributed by atoms with E-state index >= 15 is 0 Å². The number of anilines is 2. The number of aliphatic carboxylic acids is 2. The lowest BCUT2D eigenvalue weighted by Gasteiger charge is -2.39. The largest absolute Gasteiger partial charge is 0.480 e. The van der Waals surface area contributed by atoms with Crippen LogP contribution < -0.4 is 43.6 Å². The molecule has 3 aliphatic heterocycles. The first-order chi connectivity index (χ1) is 31.0. The van der Waals surface area contributed by atoms with Gasteiger partial charge in [0.25, 0.3) is 11.5 Å². The number of Topliss-reactive ketones (excluding diaryl/α,β-unsaturated/α-hetero) is 2. The van der Waals surface area contributed by atoms with Gasteiger partial charge in [-0.15, -0.1) is 0 Å². The Balaban J connectivity index is 0.841. The van der Waals surface area contributed by atoms with Gasteiger partial charge in [0.15, 0.2) is 16.9 Å². The number of ether oxygens (including phenoxy) is 2. The number of carbonyl (C=O) groups excluding carboxylic acids is 5. The van der Waals surface area contributed by atoms with Gasteiger partial charge in [0.1, 0.15) is 18.7 Å². The molecule has 0 bridgehead atoms. The number of amides is 3. The van der Waals surface area contributed by atoms with Crippen LogP contribution in [0.3, 0.4) is 0 Å². The Morgan fingerprint density at radius 2 is 1.75 bits per heavy atom. The number of nitrogen functional groups attached to an aromatic ring is 1. The molecule has 0 saturated carbocycles. The number of methoxy groups -OCH3 is 1. The van der Waals surface area contributed by atoms with E-state index in [2.05, 4.69) is 46.5 Å². The van der Waals surface area contributed by atoms with Crippen LogP contribution in [0.4, 0.5) is 16.4 Å². The predicted octanol–water partition coefficient (Wildman–Crippen LogP) is -1.19. The van der Waals surface area contributed by atoms with Gasteiger partial charge in [-0.25, -0.2) is 24.4 Å². The molecule has 24 nitrogen and oxygen atoms in total. The molecule has 4 aliphatic rings. The molecule has 3 amide bonds. The molecule has 0 spiro atoms. The second-order valence-corrected chi connectivity index (χ2v) is 17.9. The standard InChI is InChI=1S/C39H44N12O12S2/c1-16-26(30(54)25-20(14-63-38(41)61)39(62-2)31-22(47-31)13-51(39)28(25)29(16)53)42-9-10-64-65-15-23(36(59)60)46-24(52)8-7-21(35(57)58)48-33(55)17-3-5-18(6-4-17)43-11-19-12-44-32-27(45-19)34(56)50-37(40)49-32/h3-6,12,20-23,31,42-43,47H,7-11,13-15H2,1-2H3,(H2,41,61)(H,46,52)(H,48,55)(H,57,58)(H,59,60)(H3,40,44,49,50,56)/t20-,21-,22+,23+,31+,39-/m1/s1. The van der Waals surface area contributed by atoms with E-state index in [1.54, 1.807) is 24.0 Å². The second-order valence-electron chi connectivity index (χ2n) is 15.2. The first-order valence-corrected chi connectivity index (χ1v) is 22.5. The number of carboxylic acids is 2. The fourth-order valence-corrected chi connectivity index (χ4v) is 10.2. The van der Waals surface area contributed by atoms with Crippen molar-refractivity contribution in [3.8, 4) is 0 Å². The summed E-state index contributed by atoms with van der Waals surface area (Å²) in [7, 11) is 3.86. The van der Waals surface area contributed by atoms with Crippen LogP contribution in [0, 0.1) is 5.92 Å². The molecule has 2 saturated heterocycles. The van der Waals surface area contributed by atoms with Crippen LogP contribution in [-0.4, -0.2) is 145 Å². The number of allylic oxidation sites excluding steroid dienone is 2. The minimum Gasteiger partial charge on any atom is -0.480 e. The molecule has 3 aromatic rings. The Labute approximate surface area is 375 Å². The number of rotatable bonds is 21. The third kappa shape index (κ3) is 9.55. The number of aromatic nitrogens is 4. The summed E-state index contributed by atoms with van der Waals surface area (Å²) >= 11 is 0. The third-order valence-electron chi connectivity index (χ3n) is 11.2. The maximum Gasteiger partial charge on any atom is 0.404 e. The number of primary amides is 1. The molecule has 0 unspecified atom stereocenters. The zero-order chi connectivity index (χ0) is 46.7. The van der Waals surface area contributed by atoms with E-state index in [1.807, 2.05) is 0 Å². The van der Waals surface area contributed by atoms with Gasteiger partial charge in [-0.3, -0.25) is 29.0 Å². The Morgan fingerprint density at radius 1 is 1.02 bits per heavy atom. The topological polar surface area (TPSA) is 375 Å². The van der Waals surface area contributed by atoms with Gasteiger partial charge in [0.2, 0.25) is 23.4 Å². The zero-order valence-electron chi connectivity index (χ0n) is 34.7. The summed E-state index contributed by atoms with van der Waals surface area (Å²) in [6.07, 6.45) is -0.345. The molecule has 0 radical (unpaired) electrons. The van der Waals surface area contributed by atoms with E-state index in [0.29, 0.717) is 23.7 Å². The van der Waals surface area contributed by atoms with E-state index in [1.165, 1.54) is 36.2 Å². The molecule has 6 atom stereocenters. The molecular weight excluding hydrogens is 893 g/mol. The first kappa shape index (κ1) is 46.2. The summed E-state index contributed by atoms with van der Waals surface area (Å²) in [5.74, 6) is -5.58. The highest BCUT2D eigenvalue weighted by molar-refractivity contribution is 8.76. The number of ketones is 2. The summed E-state index contributed by atoms with van der Waals surface area (Å²) in [4.78, 5) is 118. The lowest BCUT2D eigenvalue weighted by atomic mass is 9.82. The van der Waals surface area contributed by atoms with Crippen LogP contribution in [0.2, 0.25) is 0 Å². The molecule has 2 aromatic heterocycles. The molecule has 1 aromatic carbocycles. The smallest absolute Gasteiger partial charge is 0.404 e. The van der Waals surface area contributed by atoms with E-state index in [4.69, 9.17) is 20.9 Å². The summed E-state index contributed by atoms with van der Waals surface area (Å²) in [6.45, 7) is 2.07. The highest BCUT2D eigenvalue weighted by Crippen LogP contribution is 2.55. The molecule has 26 heteroatoms. The number of carbonyl (C=O) groups is 7. The van der Waals surface area contributed by atoms with Crippen molar-refractivity contribution in [2.24, 2.45) is 11.7 Å². The normalized spacial score (nSPS) is 21.6. The number of H-pyrrole nitrogens is 1. The van der Waals surface area contributed by atoms with Crippen molar-refractivity contribution >= 4 is 85.8 Å². The SMILES string of the molecule is CO[C@@]12[C@H](COC(N)=O)C3=C(C(=O)C(C)=C(NCCSSC[C@H](NC(=O)CC[C@@H](NC(=O)c4ccc(NCc5cnc6nc(N)[nH]c(=O)c6n5)cc4)C(=O)O)C(=O)O)C3=O)N1C[C@@H]1N[C@@H]12. The van der Waals surface area contributed by atoms with Gasteiger partial charge >= 0.3 is 18.0 Å². The highest BCUT2D eigenvalue weighted by Gasteiger charge is 2.72. The molecule has 12 N–H and O–H groups in total. The number of hydrogen-bond donors (Lipinski definition) is 10. The van der Waals surface area contributed by atoms with Gasteiger partial charge in [-0.2, -0.15) is 4.98 Å². The first-order valence-electron chi connectivity index (χ1n) is 20.0. The predicted molar refractivity (Wildman–Crippen MR) is 233 cm³/mol. The molecule has 2 fully saturated rings. The van der Waals surface area contributed by atoms with Crippen LogP contribution in [0.25, 0.3) is 11.2 Å². The maximum atomic E-state index is 14.0. The summed E-state index contributed by atoms with van der Waals surface area (Å²) < 4.78 is 11.1. The van der Waals surface area contributed by atoms with Crippen molar-refractivity contribution < 1.29 is 53.2 Å². The number of nitrogens with zero attached hydrogens (tertiary/aromatic N) is 4. The molecule has 7 rings (SSSR count). The monoisotopic (exact) mass is 936 g/mol. The van der Waals surface area contributed by atoms with Crippen LogP contribution in [0.15, 0.2) is 57.8 Å². The van der Waals surface area contributed by atoms with Crippen molar-refractivity contribution in [1.82, 2.24) is 46.1 Å². The van der Waals surface area contributed by atoms with Gasteiger partial charge in [-0.1, -0.05) is 21.6 Å². The molecule has 1 aliphatic carbocycles. The van der Waals surface area contributed by atoms with Crippen LogP contribution >= 0.6 is 21.6 Å². The molecule has 5 heterocycles. The summed E-state index contributed by atoms with van der Waals surface area (Å²) in [6, 6.07) is 3.10. The summed E-state index contributed by atoms with van der Waals surface area (Å²) in [5, 5.41) is 33.7. The van der Waals surface area contributed by atoms with Gasteiger partial charge in [-0.05, 0) is 37.6 Å². The quantitative estimate of drug-likeness (QED) is 0.0260. The molecule has 344 valence electrons. The minimum absolute atomic E-state index is 0.0161. The second kappa shape index (κ2) is 19.1. The van der Waals surface area contributed by atoms with E-state index in [-0.39, 0.29) is 95.0 Å². The number of nitrogens with two attached hydrogens (primary N) is 2. The number of fused-ring (bicyclic) bond motifs is 5. The number of benzene rings is 1. The van der Waals surface area contributed by atoms with Gasteiger partial charge in [0, 0.05) is 66.6 Å². The fraction of sp³-hybridized carbons (Fsp3) is 0.410. The van der Waals surface area contributed by atoms with Crippen LogP contribution in [0.1, 0.15) is 35.8 Å². The lowest BCUT2D eigenvalue weighted by Crippen LogP contribution is -2.55. The number of carboxylic acid groups (broad SMARTS) is 2. The number of hydrogen-bond acceptors (Lipinski definition) is 20. The average Bonchev–Trinajstić information content (AvgIpc) is 3.88. The van der Waals surface area contributed by atoms with Crippen molar-refractivity contribution in [3.05, 3.63) is 74.6 Å². The number of aromatic amines is 1. The van der Waals surface area contributed by atoms with Crippen molar-refractivity contribution in [1.29, 1.82) is 0 Å². The molecule has 65 heavy (non-hydrogen) atoms.